The third kappa shape index (κ3) is 15.8. The fourth-order valence-corrected chi connectivity index (χ4v) is 1.22. The molecular weight excluding hydrogens is 280 g/mol. The molecule has 0 aliphatic carbocycles. The molecule has 0 heterocycles. The normalized spacial score (nSPS) is 9.65. The number of hydrogen-bond acceptors (Lipinski definition) is 6. The van der Waals surface area contributed by atoms with Crippen LogP contribution < -0.4 is 23.1 Å². The second-order valence-corrected chi connectivity index (χ2v) is 3.94. The Labute approximate surface area is 119 Å². The van der Waals surface area contributed by atoms with Crippen molar-refractivity contribution in [1.29, 1.82) is 0 Å². The van der Waals surface area contributed by atoms with E-state index in [1.165, 1.54) is 0 Å². The Morgan fingerprint density at radius 3 is 1.82 bits per heavy atom. The highest BCUT2D eigenvalue weighted by Gasteiger charge is 1.95. The average molecular weight is 305 g/mol. The maximum atomic E-state index is 9.65. The summed E-state index contributed by atoms with van der Waals surface area (Å²) in [5.74, 6) is -1.13. The lowest BCUT2D eigenvalue weighted by Crippen LogP contribution is -2.42. The van der Waals surface area contributed by atoms with Crippen molar-refractivity contribution < 1.29 is 9.90 Å². The van der Waals surface area contributed by atoms with Crippen LogP contribution in [0, 0.1) is 0 Å². The van der Waals surface area contributed by atoms with Crippen LogP contribution in [0.15, 0.2) is 0 Å². The maximum absolute atomic E-state index is 9.65. The van der Waals surface area contributed by atoms with E-state index in [-0.39, 0.29) is 18.1 Å². The highest BCUT2D eigenvalue weighted by Crippen LogP contribution is 1.87. The first kappa shape index (κ1) is 25.6. The molecule has 0 rings (SSSR count). The van der Waals surface area contributed by atoms with E-state index < -0.39 is 12.0 Å². The monoisotopic (exact) mass is 304 g/mol. The number of carboxylic acids is 1. The molecule has 0 aliphatic heterocycles. The van der Waals surface area contributed by atoms with Gasteiger partial charge in [-0.25, -0.2) is 0 Å². The smallest absolute Gasteiger partial charge is 0.0590 e. The van der Waals surface area contributed by atoms with Crippen molar-refractivity contribution in [2.75, 3.05) is 18.8 Å². The first-order chi connectivity index (χ1) is 6.90. The van der Waals surface area contributed by atoms with E-state index in [0.717, 1.165) is 13.1 Å². The van der Waals surface area contributed by atoms with Gasteiger partial charge in [0.25, 0.3) is 0 Å². The summed E-state index contributed by atoms with van der Waals surface area (Å²) in [7, 11) is 0. The van der Waals surface area contributed by atoms with Crippen molar-refractivity contribution >= 4 is 47.8 Å². The van der Waals surface area contributed by atoms with Crippen LogP contribution >= 0.6 is 24.8 Å². The molecule has 6 nitrogen and oxygen atoms in total. The van der Waals surface area contributed by atoms with Crippen molar-refractivity contribution in [2.45, 2.75) is 19.9 Å². The summed E-state index contributed by atoms with van der Waals surface area (Å²) in [4.78, 5) is 11.6. The number of nitrogens with zero attached hydrogens (tertiary/aromatic N) is 1. The first-order valence-corrected chi connectivity index (χ1v) is 5.88. The third-order valence-electron chi connectivity index (χ3n) is 1.52. The molecule has 1 atom stereocenters. The van der Waals surface area contributed by atoms with Crippen LogP contribution in [0.4, 0.5) is 0 Å². The number of carboxylic acid groups (broad SMARTS) is 1. The molecule has 0 aromatic rings. The number of quaternary nitrogens is 2. The van der Waals surface area contributed by atoms with Crippen LogP contribution in [0.5, 0.6) is 0 Å². The molecule has 0 unspecified atom stereocenters. The second kappa shape index (κ2) is 15.8. The van der Waals surface area contributed by atoms with Crippen LogP contribution in [0.3, 0.4) is 0 Å². The van der Waals surface area contributed by atoms with E-state index in [1.807, 2.05) is 18.7 Å². The molecular formula is C8H24N4O2S3. The topological polar surface area (TPSA) is 142 Å². The molecule has 0 radical (unpaired) electrons. The lowest BCUT2D eigenvalue weighted by Gasteiger charge is -2.24. The van der Waals surface area contributed by atoms with Crippen LogP contribution in [-0.4, -0.2) is 40.1 Å². The minimum atomic E-state index is -1.25. The van der Waals surface area contributed by atoms with E-state index in [9.17, 15) is 9.90 Å². The Hall–Kier alpha value is -0.190. The Morgan fingerprint density at radius 1 is 1.47 bits per heavy atom. The van der Waals surface area contributed by atoms with Gasteiger partial charge in [-0.15, -0.1) is 0 Å². The SMILES string of the molecule is CCN(CC)C(=S)[S-].N[C@@H](CS)C(=O)[O-].[NH4+].[NH4+]. The number of hydrogen-bond donors (Lipinski definition) is 4. The number of aliphatic carboxylic acids is 1. The summed E-state index contributed by atoms with van der Waals surface area (Å²) in [5.41, 5.74) is 4.88. The van der Waals surface area contributed by atoms with Gasteiger partial charge in [0.05, 0.1) is 12.0 Å². The first-order valence-electron chi connectivity index (χ1n) is 4.43. The zero-order valence-corrected chi connectivity index (χ0v) is 13.3. The number of carbonyl (C=O) groups excluding carboxylic acids is 1. The Balaban J connectivity index is -0.0000000896. The predicted octanol–water partition coefficient (Wildman–Crippen LogP) is -0.0942. The second-order valence-electron chi connectivity index (χ2n) is 2.55. The summed E-state index contributed by atoms with van der Waals surface area (Å²) in [6, 6.07) is -0.927. The molecule has 0 fully saturated rings. The Morgan fingerprint density at radius 2 is 1.82 bits per heavy atom. The quantitative estimate of drug-likeness (QED) is 0.324. The van der Waals surface area contributed by atoms with Gasteiger partial charge in [-0.2, -0.15) is 12.6 Å². The molecule has 0 spiro atoms. The average Bonchev–Trinajstić information content (AvgIpc) is 2.18. The van der Waals surface area contributed by atoms with Crippen molar-refractivity contribution in [3.63, 3.8) is 0 Å². The Bertz CT molecular complexity index is 203. The summed E-state index contributed by atoms with van der Waals surface area (Å²) in [5, 5.41) is 9.65. The standard InChI is InChI=1S/C5H11NS2.C3H7NO2S.2H3N/c1-3-6(4-2)5(7)8;4-2(1-7)3(5)6;;/h3-4H2,1-2H3,(H,7,8);2,7H,1,4H2,(H,5,6);2*1H3/t;2-;;/m.0../s1. The zero-order chi connectivity index (χ0) is 12.4. The van der Waals surface area contributed by atoms with Gasteiger partial charge in [-0.1, -0.05) is 4.32 Å². The van der Waals surface area contributed by atoms with Gasteiger partial charge in [0.2, 0.25) is 0 Å². The fraction of sp³-hybridized carbons (Fsp3) is 0.750. The summed E-state index contributed by atoms with van der Waals surface area (Å²) >= 11 is 13.1. The van der Waals surface area contributed by atoms with Gasteiger partial charge < -0.3 is 57.7 Å². The molecule has 9 heteroatoms. The molecule has 0 amide bonds. The summed E-state index contributed by atoms with van der Waals surface area (Å²) < 4.78 is 0.579. The van der Waals surface area contributed by atoms with Gasteiger partial charge in [0.1, 0.15) is 0 Å². The molecule has 0 bridgehead atoms. The van der Waals surface area contributed by atoms with Crippen LogP contribution in [0.1, 0.15) is 13.8 Å². The number of carbonyl (C=O) groups is 1. The van der Waals surface area contributed by atoms with Gasteiger partial charge in [0.15, 0.2) is 0 Å². The zero-order valence-electron chi connectivity index (χ0n) is 10.8. The molecule has 0 aromatic carbocycles. The molecule has 0 saturated carbocycles. The lowest BCUT2D eigenvalue weighted by molar-refractivity contribution is -0.306. The molecule has 106 valence electrons. The van der Waals surface area contributed by atoms with E-state index in [1.54, 1.807) is 0 Å². The van der Waals surface area contributed by atoms with Crippen LogP contribution in [0.2, 0.25) is 0 Å². The van der Waals surface area contributed by atoms with Gasteiger partial charge in [0, 0.05) is 18.8 Å². The summed E-state index contributed by atoms with van der Waals surface area (Å²) in [6.07, 6.45) is 0. The van der Waals surface area contributed by atoms with E-state index in [2.05, 4.69) is 12.6 Å². The molecule has 10 N–H and O–H groups in total. The van der Waals surface area contributed by atoms with Gasteiger partial charge in [-0.3, -0.25) is 0 Å². The molecule has 17 heavy (non-hydrogen) atoms. The van der Waals surface area contributed by atoms with Crippen molar-refractivity contribution in [1.82, 2.24) is 17.2 Å². The molecule has 0 aromatic heterocycles. The van der Waals surface area contributed by atoms with E-state index in [0.29, 0.717) is 4.32 Å². The molecule has 0 aliphatic rings. The number of nitrogens with two attached hydrogens (primary N) is 1. The predicted molar refractivity (Wildman–Crippen MR) is 81.7 cm³/mol. The van der Waals surface area contributed by atoms with Crippen molar-refractivity contribution in [2.24, 2.45) is 5.73 Å². The minimum Gasteiger partial charge on any atom is -0.548 e. The lowest BCUT2D eigenvalue weighted by atomic mass is 10.4. The van der Waals surface area contributed by atoms with Gasteiger partial charge >= 0.3 is 0 Å². The highest BCUT2D eigenvalue weighted by atomic mass is 32.1. The number of thiol groups is 1. The van der Waals surface area contributed by atoms with Crippen molar-refractivity contribution in [3.8, 4) is 0 Å². The minimum absolute atomic E-state index is 0. The van der Waals surface area contributed by atoms with E-state index in [4.69, 9.17) is 30.6 Å². The maximum Gasteiger partial charge on any atom is 0.0590 e. The molecule has 0 saturated heterocycles. The largest absolute Gasteiger partial charge is 0.548 e. The van der Waals surface area contributed by atoms with E-state index >= 15 is 0 Å². The van der Waals surface area contributed by atoms with Crippen molar-refractivity contribution in [3.05, 3.63) is 0 Å². The Kier molecular flexibility index (Phi) is 23.8. The summed E-state index contributed by atoms with van der Waals surface area (Å²) in [6.45, 7) is 5.95. The number of thiocarbonyl (C=S) groups is 1. The third-order valence-corrected chi connectivity index (χ3v) is 2.43. The van der Waals surface area contributed by atoms with Gasteiger partial charge in [-0.05, 0) is 13.8 Å². The highest BCUT2D eigenvalue weighted by molar-refractivity contribution is 8.00. The fourth-order valence-electron chi connectivity index (χ4n) is 0.556. The number of rotatable bonds is 4. The van der Waals surface area contributed by atoms with Crippen LogP contribution in [0.25, 0.3) is 0 Å². The van der Waals surface area contributed by atoms with Crippen LogP contribution in [-0.2, 0) is 17.4 Å².